The van der Waals surface area contributed by atoms with Crippen molar-refractivity contribution in [2.24, 2.45) is 0 Å². The molecule has 4 rings (SSSR count). The van der Waals surface area contributed by atoms with Crippen LogP contribution in [0.4, 0.5) is 13.2 Å². The molecule has 32 heavy (non-hydrogen) atoms. The van der Waals surface area contributed by atoms with E-state index in [-0.39, 0.29) is 24.5 Å². The summed E-state index contributed by atoms with van der Waals surface area (Å²) in [5.41, 5.74) is 0.929. The number of fused-ring (bicyclic) bond motifs is 1. The number of imidazole rings is 1. The molecule has 0 saturated carbocycles. The maximum atomic E-state index is 13.9. The number of aliphatic hydroxyl groups excluding tert-OH is 1. The van der Waals surface area contributed by atoms with Crippen LogP contribution in [0, 0.1) is 17.5 Å². The number of halogens is 3. The summed E-state index contributed by atoms with van der Waals surface area (Å²) in [6.07, 6.45) is 5.56. The second kappa shape index (κ2) is 9.96. The number of rotatable bonds is 5. The predicted molar refractivity (Wildman–Crippen MR) is 115 cm³/mol. The summed E-state index contributed by atoms with van der Waals surface area (Å²) in [5, 5.41) is 9.60. The highest BCUT2D eigenvalue weighted by atomic mass is 32.2. The van der Waals surface area contributed by atoms with Gasteiger partial charge >= 0.3 is 0 Å². The van der Waals surface area contributed by atoms with Gasteiger partial charge in [-0.15, -0.1) is 11.8 Å². The van der Waals surface area contributed by atoms with Gasteiger partial charge in [0.15, 0.2) is 23.1 Å². The van der Waals surface area contributed by atoms with Gasteiger partial charge in [0.25, 0.3) is 5.56 Å². The van der Waals surface area contributed by atoms with E-state index in [4.69, 9.17) is 0 Å². The lowest BCUT2D eigenvalue weighted by Gasteiger charge is -2.11. The third-order valence-corrected chi connectivity index (χ3v) is 5.30. The lowest BCUT2D eigenvalue weighted by molar-refractivity contribution is 0.276. The Morgan fingerprint density at radius 1 is 1.09 bits per heavy atom. The van der Waals surface area contributed by atoms with E-state index in [0.717, 1.165) is 18.3 Å². The molecule has 0 aliphatic rings. The Bertz CT molecular complexity index is 1320. The molecule has 0 fully saturated rings. The summed E-state index contributed by atoms with van der Waals surface area (Å²) >= 11 is 1.25. The fourth-order valence-corrected chi connectivity index (χ4v) is 3.65. The maximum absolute atomic E-state index is 13.9. The van der Waals surface area contributed by atoms with Crippen molar-refractivity contribution in [2.45, 2.75) is 31.8 Å². The molecular weight excluding hydrogens is 443 g/mol. The monoisotopic (exact) mass is 463 g/mol. The molecule has 4 aromatic rings. The van der Waals surface area contributed by atoms with Crippen molar-refractivity contribution in [1.82, 2.24) is 24.3 Å². The Morgan fingerprint density at radius 3 is 2.47 bits per heavy atom. The van der Waals surface area contributed by atoms with Crippen LogP contribution in [-0.4, -0.2) is 35.7 Å². The van der Waals surface area contributed by atoms with E-state index >= 15 is 0 Å². The summed E-state index contributed by atoms with van der Waals surface area (Å²) < 4.78 is 42.3. The average Bonchev–Trinajstić information content (AvgIpc) is 3.22. The fraction of sp³-hybridized carbons (Fsp3) is 0.238. The molecule has 0 aliphatic carbocycles. The first-order chi connectivity index (χ1) is 15.4. The van der Waals surface area contributed by atoms with E-state index in [9.17, 15) is 23.1 Å². The minimum atomic E-state index is -1.04. The molecule has 0 spiro atoms. The zero-order valence-corrected chi connectivity index (χ0v) is 18.3. The summed E-state index contributed by atoms with van der Waals surface area (Å²) in [7, 11) is 0. The number of aromatic amines is 1. The third-order valence-electron chi connectivity index (χ3n) is 4.48. The number of thioether (sulfide) groups is 1. The Kier molecular flexibility index (Phi) is 7.31. The van der Waals surface area contributed by atoms with Crippen molar-refractivity contribution in [3.63, 3.8) is 0 Å². The Morgan fingerprint density at radius 2 is 1.81 bits per heavy atom. The molecule has 0 bridgehead atoms. The van der Waals surface area contributed by atoms with Crippen LogP contribution in [0.15, 0.2) is 40.4 Å². The summed E-state index contributed by atoms with van der Waals surface area (Å²) in [5.74, 6) is -2.96. The number of H-pyrrole nitrogens is 1. The van der Waals surface area contributed by atoms with Crippen molar-refractivity contribution in [2.75, 3.05) is 6.26 Å². The molecule has 0 radical (unpaired) electrons. The van der Waals surface area contributed by atoms with E-state index < -0.39 is 23.0 Å². The van der Waals surface area contributed by atoms with Gasteiger partial charge < -0.3 is 10.1 Å². The molecule has 1 aromatic carbocycles. The van der Waals surface area contributed by atoms with Gasteiger partial charge in [0.2, 0.25) is 5.82 Å². The predicted octanol–water partition coefficient (Wildman–Crippen LogP) is 3.73. The highest BCUT2D eigenvalue weighted by Gasteiger charge is 2.17. The minimum Gasteiger partial charge on any atom is -0.390 e. The van der Waals surface area contributed by atoms with Crippen molar-refractivity contribution in [1.29, 1.82) is 0 Å². The van der Waals surface area contributed by atoms with Gasteiger partial charge in [0, 0.05) is 17.5 Å². The smallest absolute Gasteiger partial charge is 0.287 e. The van der Waals surface area contributed by atoms with Crippen LogP contribution in [0.5, 0.6) is 0 Å². The SMILES string of the molecule is CC.CSc1cc(F)c(F)cc1Cc1nc(-c2ncc(F)c(=O)[nH]2)cn2c(CO)cnc12. The van der Waals surface area contributed by atoms with Gasteiger partial charge in [0.05, 0.1) is 30.4 Å². The first kappa shape index (κ1) is 23.5. The van der Waals surface area contributed by atoms with E-state index in [2.05, 4.69) is 19.9 Å². The standard InChI is InChI=1S/C19H14F3N5O2S.C2H6/c1-30-16-4-12(21)11(20)2-9(16)3-14-18-24-5-10(8-28)27(18)7-15(25-14)17-23-6-13(22)19(29)26-17;1-2/h2,4-7,28H,3,8H2,1H3,(H,23,26,29);1-2H3. The fourth-order valence-electron chi connectivity index (χ4n) is 3.04. The van der Waals surface area contributed by atoms with Crippen LogP contribution < -0.4 is 5.56 Å². The Balaban J connectivity index is 0.00000141. The minimum absolute atomic E-state index is 0.0116. The van der Waals surface area contributed by atoms with Gasteiger partial charge in [-0.2, -0.15) is 4.39 Å². The number of aromatic nitrogens is 5. The van der Waals surface area contributed by atoms with E-state index in [1.54, 1.807) is 10.7 Å². The van der Waals surface area contributed by atoms with Gasteiger partial charge in [-0.1, -0.05) is 13.8 Å². The van der Waals surface area contributed by atoms with Crippen LogP contribution in [0.2, 0.25) is 0 Å². The first-order valence-electron chi connectivity index (χ1n) is 9.65. The molecular formula is C21H20F3N5O2S. The number of hydrogen-bond donors (Lipinski definition) is 2. The van der Waals surface area contributed by atoms with E-state index in [1.807, 2.05) is 13.8 Å². The molecule has 3 aromatic heterocycles. The summed E-state index contributed by atoms with van der Waals surface area (Å²) in [6.45, 7) is 3.68. The zero-order chi connectivity index (χ0) is 23.4. The third kappa shape index (κ3) is 4.53. The number of aliphatic hydroxyl groups is 1. The molecule has 0 amide bonds. The first-order valence-corrected chi connectivity index (χ1v) is 10.9. The summed E-state index contributed by atoms with van der Waals surface area (Å²) in [4.78, 5) is 27.1. The number of benzene rings is 1. The molecule has 11 heteroatoms. The molecule has 168 valence electrons. The molecule has 0 unspecified atom stereocenters. The number of nitrogens with one attached hydrogen (secondary N) is 1. The quantitative estimate of drug-likeness (QED) is 0.438. The second-order valence-corrected chi connectivity index (χ2v) is 7.19. The molecule has 3 heterocycles. The average molecular weight is 463 g/mol. The van der Waals surface area contributed by atoms with Crippen LogP contribution in [0.1, 0.15) is 30.8 Å². The number of nitrogens with zero attached hydrogens (tertiary/aromatic N) is 4. The highest BCUT2D eigenvalue weighted by Crippen LogP contribution is 2.27. The van der Waals surface area contributed by atoms with E-state index in [0.29, 0.717) is 27.5 Å². The lowest BCUT2D eigenvalue weighted by Crippen LogP contribution is -2.13. The van der Waals surface area contributed by atoms with Crippen LogP contribution in [-0.2, 0) is 13.0 Å². The van der Waals surface area contributed by atoms with Crippen LogP contribution in [0.3, 0.4) is 0 Å². The molecule has 2 N–H and O–H groups in total. The molecule has 0 atom stereocenters. The molecule has 0 aliphatic heterocycles. The van der Waals surface area contributed by atoms with Crippen LogP contribution in [0.25, 0.3) is 17.2 Å². The molecule has 7 nitrogen and oxygen atoms in total. The Hall–Kier alpha value is -3.18. The van der Waals surface area contributed by atoms with Crippen molar-refractivity contribution in [3.05, 3.63) is 75.5 Å². The van der Waals surface area contributed by atoms with Gasteiger partial charge in [-0.25, -0.2) is 23.7 Å². The topological polar surface area (TPSA) is 96.2 Å². The lowest BCUT2D eigenvalue weighted by atomic mass is 10.1. The van der Waals surface area contributed by atoms with Gasteiger partial charge in [-0.3, -0.25) is 9.20 Å². The van der Waals surface area contributed by atoms with Crippen LogP contribution >= 0.6 is 11.8 Å². The summed E-state index contributed by atoms with van der Waals surface area (Å²) in [6, 6.07) is 2.21. The van der Waals surface area contributed by atoms with Crippen molar-refractivity contribution in [3.8, 4) is 11.5 Å². The van der Waals surface area contributed by atoms with Gasteiger partial charge in [0.1, 0.15) is 5.69 Å². The Labute approximate surface area is 185 Å². The largest absolute Gasteiger partial charge is 0.390 e. The molecule has 0 saturated heterocycles. The van der Waals surface area contributed by atoms with Gasteiger partial charge in [-0.05, 0) is 24.0 Å². The normalized spacial score (nSPS) is 10.8. The van der Waals surface area contributed by atoms with Crippen molar-refractivity contribution < 1.29 is 18.3 Å². The second-order valence-electron chi connectivity index (χ2n) is 6.34. The van der Waals surface area contributed by atoms with Crippen molar-refractivity contribution >= 4 is 17.4 Å². The zero-order valence-electron chi connectivity index (χ0n) is 17.5. The van der Waals surface area contributed by atoms with E-state index in [1.165, 1.54) is 24.2 Å². The highest BCUT2D eigenvalue weighted by molar-refractivity contribution is 7.98. The maximum Gasteiger partial charge on any atom is 0.287 e. The number of hydrogen-bond acceptors (Lipinski definition) is 6.